The summed E-state index contributed by atoms with van der Waals surface area (Å²) in [6, 6.07) is 5.79. The Morgan fingerprint density at radius 1 is 0.704 bits per heavy atom. The van der Waals surface area contributed by atoms with Gasteiger partial charge in [-0.25, -0.2) is 9.59 Å². The van der Waals surface area contributed by atoms with Gasteiger partial charge in [0.25, 0.3) is 0 Å². The van der Waals surface area contributed by atoms with Crippen LogP contribution >= 0.6 is 0 Å². The van der Waals surface area contributed by atoms with Crippen LogP contribution in [0, 0.1) is 0 Å². The number of rotatable bonds is 4. The maximum absolute atomic E-state index is 10.2. The second-order valence-electron chi connectivity index (χ2n) is 4.01. The first-order chi connectivity index (χ1) is 12.3. The standard InChI is InChI=1S/2C6H5NO2.2Cr.2H2O.5O/c2*8-6(9)5-1-3-7-4-2-5;;;;;;;;;/h2*1-4H,(H,8,9);;;2*1H2;;;;;/q;;2*+1;;;;;;;/p-2. The summed E-state index contributed by atoms with van der Waals surface area (Å²) < 4.78 is 56.3. The van der Waals surface area contributed by atoms with Crippen LogP contribution < -0.4 is 0 Å². The van der Waals surface area contributed by atoms with Gasteiger partial charge in [0.05, 0.1) is 11.1 Å². The van der Waals surface area contributed by atoms with Crippen molar-refractivity contribution in [3.05, 3.63) is 60.2 Å². The molecule has 0 aromatic carbocycles. The summed E-state index contributed by atoms with van der Waals surface area (Å²) in [4.78, 5) is 27.7. The van der Waals surface area contributed by atoms with Gasteiger partial charge < -0.3 is 10.2 Å². The van der Waals surface area contributed by atoms with Gasteiger partial charge in [-0.3, -0.25) is 9.97 Å². The van der Waals surface area contributed by atoms with E-state index in [4.69, 9.17) is 18.5 Å². The Balaban J connectivity index is 0.000000376. The van der Waals surface area contributed by atoms with Crippen LogP contribution in [0.4, 0.5) is 0 Å². The molecule has 0 amide bonds. The molecule has 0 aliphatic carbocycles. The molecule has 13 nitrogen and oxygen atoms in total. The van der Waals surface area contributed by atoms with Gasteiger partial charge in [0.15, 0.2) is 0 Å². The monoisotopic (exact) mass is 464 g/mol. The van der Waals surface area contributed by atoms with Gasteiger partial charge in [-0.15, -0.1) is 0 Å². The van der Waals surface area contributed by atoms with E-state index in [-0.39, 0.29) is 11.1 Å². The zero-order valence-corrected chi connectivity index (χ0v) is 15.5. The van der Waals surface area contributed by atoms with Crippen LogP contribution in [0.2, 0.25) is 0 Å². The normalized spacial score (nSPS) is 10.4. The molecule has 2 rings (SSSR count). The van der Waals surface area contributed by atoms with Crippen molar-refractivity contribution < 1.29 is 73.4 Å². The van der Waals surface area contributed by atoms with Crippen molar-refractivity contribution in [1.29, 1.82) is 0 Å². The first kappa shape index (κ1) is 24.4. The zero-order valence-electron chi connectivity index (χ0n) is 13.0. The summed E-state index contributed by atoms with van der Waals surface area (Å²) in [7, 11) is 0. The van der Waals surface area contributed by atoms with Crippen LogP contribution in [0.3, 0.4) is 0 Å². The number of pyridine rings is 2. The number of hydrogen-bond acceptors (Lipinski definition) is 9. The van der Waals surface area contributed by atoms with Crippen LogP contribution in [0.1, 0.15) is 20.7 Å². The van der Waals surface area contributed by atoms with Crippen LogP contribution in [0.25, 0.3) is 0 Å². The molecule has 0 unspecified atom stereocenters. The summed E-state index contributed by atoms with van der Waals surface area (Å²) in [5.41, 5.74) is 0.537. The maximum atomic E-state index is 10.2. The van der Waals surface area contributed by atoms with E-state index in [1.807, 2.05) is 0 Å². The van der Waals surface area contributed by atoms with E-state index >= 15 is 0 Å². The number of hydrogen-bond donors (Lipinski definition) is 4. The van der Waals surface area contributed by atoms with Crippen molar-refractivity contribution in [1.82, 2.24) is 9.97 Å². The van der Waals surface area contributed by atoms with Gasteiger partial charge in [0.2, 0.25) is 0 Å². The SMILES string of the molecule is O=C(O)c1ccncc1.O=C(O)c1ccncc1.[O]=[Cr](=[O])([OH])[O][Cr](=[O])(=[O])[OH]. The average molecular weight is 464 g/mol. The quantitative estimate of drug-likeness (QED) is 0.465. The van der Waals surface area contributed by atoms with Crippen molar-refractivity contribution in [2.24, 2.45) is 0 Å². The van der Waals surface area contributed by atoms with Gasteiger partial charge in [0.1, 0.15) is 0 Å². The first-order valence-electron chi connectivity index (χ1n) is 6.24. The number of nitrogens with zero attached hydrogens (tertiary/aromatic N) is 2. The van der Waals surface area contributed by atoms with Crippen molar-refractivity contribution in [3.8, 4) is 0 Å². The van der Waals surface area contributed by atoms with Crippen LogP contribution in [-0.2, 0) is 45.3 Å². The van der Waals surface area contributed by atoms with Gasteiger partial charge in [-0.05, 0) is 24.3 Å². The fraction of sp³-hybridized carbons (Fsp3) is 0. The molecule has 0 radical (unpaired) electrons. The Kier molecular flexibility index (Phi) is 10.1. The molecule has 2 heterocycles. The van der Waals surface area contributed by atoms with E-state index in [2.05, 4.69) is 12.8 Å². The van der Waals surface area contributed by atoms with Gasteiger partial charge in [0, 0.05) is 24.8 Å². The summed E-state index contributed by atoms with van der Waals surface area (Å²) in [6.45, 7) is 0. The Morgan fingerprint density at radius 3 is 1.07 bits per heavy atom. The third kappa shape index (κ3) is 14.3. The molecular formula is C12H12Cr2N2O11. The van der Waals surface area contributed by atoms with Gasteiger partial charge >= 0.3 is 65.5 Å². The number of aromatic carboxylic acids is 2. The number of aromatic nitrogens is 2. The molecule has 0 saturated heterocycles. The predicted octanol–water partition coefficient (Wildman–Crippen LogP) is -0.103. The molecule has 0 bridgehead atoms. The second kappa shape index (κ2) is 11.2. The summed E-state index contributed by atoms with van der Waals surface area (Å²) in [6.07, 6.45) is 5.79. The zero-order chi connectivity index (χ0) is 21.1. The Morgan fingerprint density at radius 2 is 0.963 bits per heavy atom. The fourth-order valence-electron chi connectivity index (χ4n) is 1.10. The molecule has 2 aromatic rings. The number of carboxylic acids is 2. The van der Waals surface area contributed by atoms with Gasteiger partial charge in [-0.2, -0.15) is 0 Å². The summed E-state index contributed by atoms with van der Waals surface area (Å²) >= 11 is -11.5. The Bertz CT molecular complexity index is 866. The van der Waals surface area contributed by atoms with E-state index in [1.165, 1.54) is 49.1 Å². The number of carboxylic acid groups (broad SMARTS) is 2. The number of carbonyl (C=O) groups is 2. The molecule has 0 saturated carbocycles. The van der Waals surface area contributed by atoms with E-state index < -0.39 is 39.2 Å². The molecular weight excluding hydrogens is 452 g/mol. The third-order valence-electron chi connectivity index (χ3n) is 2.03. The summed E-state index contributed by atoms with van der Waals surface area (Å²) in [5, 5.41) is 16.7. The second-order valence-corrected chi connectivity index (χ2v) is 7.77. The molecule has 0 spiro atoms. The van der Waals surface area contributed by atoms with Crippen molar-refractivity contribution in [3.63, 3.8) is 0 Å². The van der Waals surface area contributed by atoms with E-state index in [0.29, 0.717) is 0 Å². The topological polar surface area (TPSA) is 218 Å². The Hall–Kier alpha value is -2.62. The molecule has 27 heavy (non-hydrogen) atoms. The molecule has 0 aliphatic rings. The molecule has 148 valence electrons. The molecule has 15 heteroatoms. The first-order valence-corrected chi connectivity index (χ1v) is 10.5. The van der Waals surface area contributed by atoms with Crippen molar-refractivity contribution in [2.45, 2.75) is 0 Å². The fourth-order valence-corrected chi connectivity index (χ4v) is 2.84. The third-order valence-corrected chi connectivity index (χ3v) is 4.78. The molecule has 4 N–H and O–H groups in total. The van der Waals surface area contributed by atoms with E-state index in [9.17, 15) is 24.8 Å². The Labute approximate surface area is 155 Å². The van der Waals surface area contributed by atoms with Crippen LogP contribution in [-0.4, -0.2) is 40.4 Å². The van der Waals surface area contributed by atoms with E-state index in [1.54, 1.807) is 0 Å². The van der Waals surface area contributed by atoms with Gasteiger partial charge in [-0.1, -0.05) is 0 Å². The van der Waals surface area contributed by atoms with Crippen molar-refractivity contribution >= 4 is 11.9 Å². The minimum absolute atomic E-state index is 0.269. The van der Waals surface area contributed by atoms with E-state index in [0.717, 1.165) is 0 Å². The molecule has 2 aromatic heterocycles. The van der Waals surface area contributed by atoms with Crippen LogP contribution in [0.5, 0.6) is 0 Å². The van der Waals surface area contributed by atoms with Crippen LogP contribution in [0.15, 0.2) is 49.1 Å². The molecule has 0 atom stereocenters. The predicted molar refractivity (Wildman–Crippen MR) is 70.7 cm³/mol. The summed E-state index contributed by atoms with van der Waals surface area (Å²) in [5.74, 6) is -1.84. The van der Waals surface area contributed by atoms with Crippen molar-refractivity contribution in [2.75, 3.05) is 0 Å². The average Bonchev–Trinajstić information content (AvgIpc) is 2.54. The molecule has 0 aliphatic heterocycles. The molecule has 0 fully saturated rings. The minimum atomic E-state index is -5.76.